The maximum Gasteiger partial charge on any atom is 0.272 e. The first-order valence-electron chi connectivity index (χ1n) is 5.53. The quantitative estimate of drug-likeness (QED) is 0.574. The average Bonchev–Trinajstić information content (AvgIpc) is 3.14. The van der Waals surface area contributed by atoms with Crippen LogP contribution in [0.3, 0.4) is 0 Å². The zero-order chi connectivity index (χ0) is 14.4. The van der Waals surface area contributed by atoms with E-state index >= 15 is 0 Å². The van der Waals surface area contributed by atoms with Crippen molar-refractivity contribution in [3.8, 4) is 5.69 Å². The van der Waals surface area contributed by atoms with E-state index in [9.17, 15) is 14.5 Å². The standard InChI is InChI=1S/C9H6FN3O2.C3H4N2/c10-8-5-7(13(14)15)1-2-9(8)12-4-3-11-6-12;1-2-5-3-4-1/h1-6H;1-3H,(H,4,5). The number of imidazole rings is 2. The third-order valence-corrected chi connectivity index (χ3v) is 2.33. The molecule has 102 valence electrons. The molecule has 0 atom stereocenters. The van der Waals surface area contributed by atoms with E-state index in [2.05, 4.69) is 15.0 Å². The summed E-state index contributed by atoms with van der Waals surface area (Å²) >= 11 is 0. The Morgan fingerprint density at radius 2 is 2.15 bits per heavy atom. The number of aromatic amines is 1. The van der Waals surface area contributed by atoms with Crippen LogP contribution in [0.1, 0.15) is 0 Å². The van der Waals surface area contributed by atoms with Gasteiger partial charge in [0.15, 0.2) is 5.82 Å². The number of benzene rings is 1. The molecule has 0 aliphatic heterocycles. The summed E-state index contributed by atoms with van der Waals surface area (Å²) in [7, 11) is 0. The summed E-state index contributed by atoms with van der Waals surface area (Å²) in [5.41, 5.74) is -0.0329. The van der Waals surface area contributed by atoms with Crippen LogP contribution in [0.4, 0.5) is 10.1 Å². The summed E-state index contributed by atoms with van der Waals surface area (Å²) in [5, 5.41) is 10.4. The molecule has 1 N–H and O–H groups in total. The molecular weight excluding hydrogens is 265 g/mol. The van der Waals surface area contributed by atoms with E-state index in [1.54, 1.807) is 24.9 Å². The first-order chi connectivity index (χ1) is 9.68. The molecule has 0 saturated heterocycles. The Labute approximate surface area is 112 Å². The topological polar surface area (TPSA) is 89.6 Å². The van der Waals surface area contributed by atoms with Crippen molar-refractivity contribution in [2.45, 2.75) is 0 Å². The number of rotatable bonds is 2. The largest absolute Gasteiger partial charge is 0.351 e. The van der Waals surface area contributed by atoms with Crippen molar-refractivity contribution in [3.05, 3.63) is 71.6 Å². The van der Waals surface area contributed by atoms with Crippen LogP contribution in [0.15, 0.2) is 55.6 Å². The number of hydrogen-bond donors (Lipinski definition) is 1. The molecule has 0 spiro atoms. The monoisotopic (exact) mass is 275 g/mol. The highest BCUT2D eigenvalue weighted by Gasteiger charge is 2.11. The second kappa shape index (κ2) is 6.23. The van der Waals surface area contributed by atoms with Crippen molar-refractivity contribution in [3.63, 3.8) is 0 Å². The minimum atomic E-state index is -0.651. The molecule has 3 aromatic rings. The molecule has 0 bridgehead atoms. The molecule has 0 aliphatic rings. The predicted octanol–water partition coefficient (Wildman–Crippen LogP) is 2.33. The maximum absolute atomic E-state index is 13.4. The highest BCUT2D eigenvalue weighted by molar-refractivity contribution is 5.42. The van der Waals surface area contributed by atoms with Crippen molar-refractivity contribution in [1.82, 2.24) is 19.5 Å². The molecule has 0 amide bonds. The Morgan fingerprint density at radius 3 is 2.60 bits per heavy atom. The van der Waals surface area contributed by atoms with Gasteiger partial charge in [-0.15, -0.1) is 0 Å². The Bertz CT molecular complexity index is 650. The SMILES string of the molecule is O=[N+]([O-])c1ccc(-n2ccnc2)c(F)c1.c1c[nH]cn1. The van der Waals surface area contributed by atoms with E-state index in [0.29, 0.717) is 0 Å². The second-order valence-electron chi connectivity index (χ2n) is 3.62. The van der Waals surface area contributed by atoms with Crippen molar-refractivity contribution >= 4 is 5.69 Å². The molecule has 20 heavy (non-hydrogen) atoms. The number of halogens is 1. The van der Waals surface area contributed by atoms with Crippen LogP contribution in [0.25, 0.3) is 5.69 Å². The van der Waals surface area contributed by atoms with Gasteiger partial charge in [0, 0.05) is 30.9 Å². The number of aromatic nitrogens is 4. The zero-order valence-corrected chi connectivity index (χ0v) is 10.2. The lowest BCUT2D eigenvalue weighted by Crippen LogP contribution is -1.96. The number of hydrogen-bond acceptors (Lipinski definition) is 4. The fourth-order valence-corrected chi connectivity index (χ4v) is 1.44. The Hall–Kier alpha value is -3.03. The van der Waals surface area contributed by atoms with Gasteiger partial charge < -0.3 is 9.55 Å². The fourth-order valence-electron chi connectivity index (χ4n) is 1.44. The average molecular weight is 275 g/mol. The molecule has 0 saturated carbocycles. The van der Waals surface area contributed by atoms with Gasteiger partial charge in [0.05, 0.1) is 29.3 Å². The van der Waals surface area contributed by atoms with Gasteiger partial charge in [-0.2, -0.15) is 0 Å². The van der Waals surface area contributed by atoms with Gasteiger partial charge in [-0.05, 0) is 6.07 Å². The first kappa shape index (κ1) is 13.4. The van der Waals surface area contributed by atoms with Gasteiger partial charge in [0.1, 0.15) is 0 Å². The Morgan fingerprint density at radius 1 is 1.30 bits per heavy atom. The molecular formula is C12H10FN5O2. The smallest absolute Gasteiger partial charge is 0.272 e. The lowest BCUT2D eigenvalue weighted by Gasteiger charge is -2.02. The molecule has 1 aromatic carbocycles. The van der Waals surface area contributed by atoms with Gasteiger partial charge in [-0.25, -0.2) is 14.4 Å². The summed E-state index contributed by atoms with van der Waals surface area (Å²) in [5.74, 6) is -0.651. The minimum absolute atomic E-state index is 0.234. The van der Waals surface area contributed by atoms with Crippen molar-refractivity contribution in [2.24, 2.45) is 0 Å². The van der Waals surface area contributed by atoms with Crippen LogP contribution < -0.4 is 0 Å². The van der Waals surface area contributed by atoms with E-state index in [1.807, 2.05) is 0 Å². The third-order valence-electron chi connectivity index (χ3n) is 2.33. The van der Waals surface area contributed by atoms with Crippen LogP contribution >= 0.6 is 0 Å². The van der Waals surface area contributed by atoms with Crippen LogP contribution in [0.2, 0.25) is 0 Å². The highest BCUT2D eigenvalue weighted by Crippen LogP contribution is 2.19. The molecule has 0 radical (unpaired) electrons. The van der Waals surface area contributed by atoms with Gasteiger partial charge in [0.25, 0.3) is 5.69 Å². The molecule has 0 unspecified atom stereocenters. The maximum atomic E-state index is 13.4. The Kier molecular flexibility index (Phi) is 4.17. The molecule has 7 nitrogen and oxygen atoms in total. The molecule has 2 heterocycles. The van der Waals surface area contributed by atoms with Gasteiger partial charge in [0.2, 0.25) is 0 Å². The lowest BCUT2D eigenvalue weighted by molar-refractivity contribution is -0.385. The zero-order valence-electron chi connectivity index (χ0n) is 10.2. The molecule has 0 aliphatic carbocycles. The first-order valence-corrected chi connectivity index (χ1v) is 5.53. The van der Waals surface area contributed by atoms with E-state index in [0.717, 1.165) is 6.07 Å². The predicted molar refractivity (Wildman–Crippen MR) is 68.8 cm³/mol. The summed E-state index contributed by atoms with van der Waals surface area (Å²) < 4.78 is 14.9. The molecule has 3 rings (SSSR count). The van der Waals surface area contributed by atoms with E-state index in [4.69, 9.17) is 0 Å². The normalized spacial score (nSPS) is 9.65. The summed E-state index contributed by atoms with van der Waals surface area (Å²) in [6, 6.07) is 3.48. The second-order valence-corrected chi connectivity index (χ2v) is 3.62. The highest BCUT2D eigenvalue weighted by atomic mass is 19.1. The minimum Gasteiger partial charge on any atom is -0.351 e. The number of H-pyrrole nitrogens is 1. The Balaban J connectivity index is 0.000000247. The van der Waals surface area contributed by atoms with E-state index < -0.39 is 10.7 Å². The summed E-state index contributed by atoms with van der Waals surface area (Å²) in [6.45, 7) is 0. The van der Waals surface area contributed by atoms with Gasteiger partial charge in [-0.3, -0.25) is 10.1 Å². The number of nitro benzene ring substituents is 1. The summed E-state index contributed by atoms with van der Waals surface area (Å²) in [6.07, 6.45) is 9.56. The van der Waals surface area contributed by atoms with E-state index in [1.165, 1.54) is 29.2 Å². The number of nitrogens with one attached hydrogen (secondary N) is 1. The van der Waals surface area contributed by atoms with Gasteiger partial charge in [-0.1, -0.05) is 0 Å². The number of non-ortho nitro benzene ring substituents is 1. The fraction of sp³-hybridized carbons (Fsp3) is 0. The molecule has 2 aromatic heterocycles. The lowest BCUT2D eigenvalue weighted by atomic mass is 10.2. The van der Waals surface area contributed by atoms with Crippen molar-refractivity contribution in [2.75, 3.05) is 0 Å². The third kappa shape index (κ3) is 3.25. The van der Waals surface area contributed by atoms with Crippen LogP contribution in [-0.2, 0) is 0 Å². The van der Waals surface area contributed by atoms with Crippen molar-refractivity contribution in [1.29, 1.82) is 0 Å². The van der Waals surface area contributed by atoms with Crippen LogP contribution in [0.5, 0.6) is 0 Å². The number of nitro groups is 1. The summed E-state index contributed by atoms with van der Waals surface area (Å²) in [4.78, 5) is 19.9. The van der Waals surface area contributed by atoms with Gasteiger partial charge >= 0.3 is 0 Å². The van der Waals surface area contributed by atoms with Crippen LogP contribution in [0, 0.1) is 15.9 Å². The molecule has 8 heteroatoms. The van der Waals surface area contributed by atoms with E-state index in [-0.39, 0.29) is 11.4 Å². The van der Waals surface area contributed by atoms with Crippen LogP contribution in [-0.4, -0.2) is 24.4 Å². The van der Waals surface area contributed by atoms with Crippen molar-refractivity contribution < 1.29 is 9.31 Å². The molecule has 0 fully saturated rings. The number of nitrogens with zero attached hydrogens (tertiary/aromatic N) is 4.